The smallest absolute Gasteiger partial charge is 0.335 e. The lowest BCUT2D eigenvalue weighted by molar-refractivity contribution is 0.0697. The van der Waals surface area contributed by atoms with Crippen molar-refractivity contribution in [3.8, 4) is 16.9 Å². The fraction of sp³-hybridized carbons (Fsp3) is 0.158. The molecule has 0 aliphatic rings. The largest absolute Gasteiger partial charge is 0.478 e. The van der Waals surface area contributed by atoms with E-state index in [1.165, 1.54) is 5.56 Å². The number of rotatable bonds is 4. The highest BCUT2D eigenvalue weighted by atomic mass is 16.4. The van der Waals surface area contributed by atoms with E-state index < -0.39 is 5.97 Å². The highest BCUT2D eigenvalue weighted by molar-refractivity contribution is 5.89. The molecule has 0 unspecified atom stereocenters. The summed E-state index contributed by atoms with van der Waals surface area (Å²) in [5.74, 6) is -0.434. The SMILES string of the molecule is CC(C)c1ccc(-n2cnc(-c3cccc(C(=O)O)c3)c2)cc1. The summed E-state index contributed by atoms with van der Waals surface area (Å²) in [6.45, 7) is 4.33. The molecule has 4 heteroatoms. The number of carboxylic acids is 1. The Morgan fingerprint density at radius 2 is 1.87 bits per heavy atom. The second-order valence-corrected chi connectivity index (χ2v) is 5.80. The molecule has 1 heterocycles. The summed E-state index contributed by atoms with van der Waals surface area (Å²) in [7, 11) is 0. The minimum atomic E-state index is -0.935. The van der Waals surface area contributed by atoms with Gasteiger partial charge >= 0.3 is 5.97 Å². The van der Waals surface area contributed by atoms with Gasteiger partial charge in [-0.25, -0.2) is 9.78 Å². The number of hydrogen-bond acceptors (Lipinski definition) is 2. The van der Waals surface area contributed by atoms with E-state index in [2.05, 4.69) is 43.1 Å². The molecule has 1 N–H and O–H groups in total. The molecular weight excluding hydrogens is 288 g/mol. The van der Waals surface area contributed by atoms with Gasteiger partial charge in [-0.3, -0.25) is 0 Å². The number of imidazole rings is 1. The molecule has 23 heavy (non-hydrogen) atoms. The van der Waals surface area contributed by atoms with E-state index in [9.17, 15) is 4.79 Å². The van der Waals surface area contributed by atoms with Crippen molar-refractivity contribution < 1.29 is 9.90 Å². The van der Waals surface area contributed by atoms with Gasteiger partial charge < -0.3 is 9.67 Å². The van der Waals surface area contributed by atoms with Crippen LogP contribution in [0.25, 0.3) is 16.9 Å². The fourth-order valence-electron chi connectivity index (χ4n) is 2.46. The molecule has 2 aromatic carbocycles. The van der Waals surface area contributed by atoms with Crippen LogP contribution in [0.3, 0.4) is 0 Å². The normalized spacial score (nSPS) is 10.9. The lowest BCUT2D eigenvalue weighted by Crippen LogP contribution is -1.95. The van der Waals surface area contributed by atoms with Gasteiger partial charge in [-0.2, -0.15) is 0 Å². The van der Waals surface area contributed by atoms with Gasteiger partial charge in [0.15, 0.2) is 0 Å². The van der Waals surface area contributed by atoms with Gasteiger partial charge in [0.1, 0.15) is 0 Å². The summed E-state index contributed by atoms with van der Waals surface area (Å²) < 4.78 is 1.94. The Labute approximate surface area is 135 Å². The van der Waals surface area contributed by atoms with E-state index in [4.69, 9.17) is 5.11 Å². The molecule has 0 spiro atoms. The summed E-state index contributed by atoms with van der Waals surface area (Å²) in [6.07, 6.45) is 3.65. The van der Waals surface area contributed by atoms with Gasteiger partial charge in [-0.1, -0.05) is 38.1 Å². The highest BCUT2D eigenvalue weighted by Gasteiger charge is 2.08. The quantitative estimate of drug-likeness (QED) is 0.779. The Balaban J connectivity index is 1.91. The predicted octanol–water partition coefficient (Wildman–Crippen LogP) is 4.36. The zero-order valence-electron chi connectivity index (χ0n) is 13.1. The van der Waals surface area contributed by atoms with E-state index in [1.807, 2.05) is 16.8 Å². The summed E-state index contributed by atoms with van der Waals surface area (Å²) in [5.41, 5.74) is 4.13. The van der Waals surface area contributed by atoms with E-state index in [-0.39, 0.29) is 5.56 Å². The molecule has 4 nitrogen and oxygen atoms in total. The van der Waals surface area contributed by atoms with Gasteiger partial charge in [0.2, 0.25) is 0 Å². The van der Waals surface area contributed by atoms with Crippen molar-refractivity contribution in [2.24, 2.45) is 0 Å². The third-order valence-electron chi connectivity index (χ3n) is 3.85. The van der Waals surface area contributed by atoms with Crippen molar-refractivity contribution in [2.45, 2.75) is 19.8 Å². The number of carbonyl (C=O) groups is 1. The standard InChI is InChI=1S/C19H18N2O2/c1-13(2)14-6-8-17(9-7-14)21-11-18(20-12-21)15-4-3-5-16(10-15)19(22)23/h3-13H,1-2H3,(H,22,23). The van der Waals surface area contributed by atoms with E-state index >= 15 is 0 Å². The van der Waals surface area contributed by atoms with Crippen molar-refractivity contribution >= 4 is 5.97 Å². The maximum absolute atomic E-state index is 11.1. The predicted molar refractivity (Wildman–Crippen MR) is 90.0 cm³/mol. The number of benzene rings is 2. The Morgan fingerprint density at radius 3 is 2.52 bits per heavy atom. The molecule has 0 radical (unpaired) electrons. The Bertz CT molecular complexity index is 833. The average molecular weight is 306 g/mol. The van der Waals surface area contributed by atoms with Crippen LogP contribution in [-0.2, 0) is 0 Å². The lowest BCUT2D eigenvalue weighted by atomic mass is 10.0. The van der Waals surface area contributed by atoms with Crippen molar-refractivity contribution in [3.63, 3.8) is 0 Å². The molecule has 0 saturated carbocycles. The monoisotopic (exact) mass is 306 g/mol. The Kier molecular flexibility index (Phi) is 3.98. The van der Waals surface area contributed by atoms with Crippen LogP contribution in [0.2, 0.25) is 0 Å². The van der Waals surface area contributed by atoms with Crippen molar-refractivity contribution in [2.75, 3.05) is 0 Å². The van der Waals surface area contributed by atoms with Gasteiger partial charge in [-0.05, 0) is 35.7 Å². The molecule has 0 aliphatic carbocycles. The first-order valence-electron chi connectivity index (χ1n) is 7.52. The second-order valence-electron chi connectivity index (χ2n) is 5.80. The molecule has 0 fully saturated rings. The molecule has 0 bridgehead atoms. The van der Waals surface area contributed by atoms with Gasteiger partial charge in [-0.15, -0.1) is 0 Å². The van der Waals surface area contributed by atoms with Crippen molar-refractivity contribution in [1.82, 2.24) is 9.55 Å². The zero-order chi connectivity index (χ0) is 16.4. The van der Waals surface area contributed by atoms with Crippen LogP contribution >= 0.6 is 0 Å². The first-order chi connectivity index (χ1) is 11.0. The molecule has 0 aliphatic heterocycles. The topological polar surface area (TPSA) is 55.1 Å². The number of nitrogens with zero attached hydrogens (tertiary/aromatic N) is 2. The number of hydrogen-bond donors (Lipinski definition) is 1. The lowest BCUT2D eigenvalue weighted by Gasteiger charge is -2.07. The maximum Gasteiger partial charge on any atom is 0.335 e. The first-order valence-corrected chi connectivity index (χ1v) is 7.52. The summed E-state index contributed by atoms with van der Waals surface area (Å²) in [4.78, 5) is 15.5. The molecule has 0 atom stereocenters. The molecule has 1 aromatic heterocycles. The van der Waals surface area contributed by atoms with Crippen molar-refractivity contribution in [3.05, 3.63) is 72.2 Å². The van der Waals surface area contributed by atoms with Crippen LogP contribution in [0.15, 0.2) is 61.1 Å². The third kappa shape index (κ3) is 3.16. The Hall–Kier alpha value is -2.88. The van der Waals surface area contributed by atoms with Crippen molar-refractivity contribution in [1.29, 1.82) is 0 Å². The summed E-state index contributed by atoms with van der Waals surface area (Å²) >= 11 is 0. The van der Waals surface area contributed by atoms with Gasteiger partial charge in [0.25, 0.3) is 0 Å². The van der Waals surface area contributed by atoms with Crippen LogP contribution in [0.1, 0.15) is 35.7 Å². The maximum atomic E-state index is 11.1. The van der Waals surface area contributed by atoms with Crippen LogP contribution in [0.4, 0.5) is 0 Å². The molecule has 116 valence electrons. The van der Waals surface area contributed by atoms with E-state index in [0.717, 1.165) is 16.9 Å². The Morgan fingerprint density at radius 1 is 1.13 bits per heavy atom. The van der Waals surface area contributed by atoms with E-state index in [1.54, 1.807) is 24.5 Å². The van der Waals surface area contributed by atoms with Crippen LogP contribution in [0.5, 0.6) is 0 Å². The molecule has 3 aromatic rings. The number of carboxylic acid groups (broad SMARTS) is 1. The van der Waals surface area contributed by atoms with Crippen LogP contribution in [0, 0.1) is 0 Å². The molecule has 3 rings (SSSR count). The summed E-state index contributed by atoms with van der Waals surface area (Å²) in [6, 6.07) is 15.2. The van der Waals surface area contributed by atoms with Gasteiger partial charge in [0, 0.05) is 17.4 Å². The fourth-order valence-corrected chi connectivity index (χ4v) is 2.46. The average Bonchev–Trinajstić information content (AvgIpc) is 3.05. The van der Waals surface area contributed by atoms with E-state index in [0.29, 0.717) is 5.92 Å². The van der Waals surface area contributed by atoms with Crippen LogP contribution in [-0.4, -0.2) is 20.6 Å². The third-order valence-corrected chi connectivity index (χ3v) is 3.85. The molecular formula is C19H18N2O2. The molecule has 0 amide bonds. The molecule has 0 saturated heterocycles. The number of aromatic carboxylic acids is 1. The minimum Gasteiger partial charge on any atom is -0.478 e. The number of aromatic nitrogens is 2. The zero-order valence-corrected chi connectivity index (χ0v) is 13.1. The summed E-state index contributed by atoms with van der Waals surface area (Å²) in [5, 5.41) is 9.08. The second kappa shape index (κ2) is 6.08. The highest BCUT2D eigenvalue weighted by Crippen LogP contribution is 2.21. The van der Waals surface area contributed by atoms with Gasteiger partial charge in [0.05, 0.1) is 17.6 Å². The first kappa shape index (κ1) is 15.0. The van der Waals surface area contributed by atoms with Crippen LogP contribution < -0.4 is 0 Å². The minimum absolute atomic E-state index is 0.262.